The van der Waals surface area contributed by atoms with E-state index in [1.807, 2.05) is 20.8 Å². The van der Waals surface area contributed by atoms with Crippen LogP contribution in [0, 0.1) is 5.92 Å². The fraction of sp³-hybridized carbons (Fsp3) is 0.583. The zero-order valence-electron chi connectivity index (χ0n) is 11.4. The lowest BCUT2D eigenvalue weighted by Gasteiger charge is -2.23. The molecule has 0 aromatic carbocycles. The van der Waals surface area contributed by atoms with E-state index in [1.165, 1.54) is 0 Å². The summed E-state index contributed by atoms with van der Waals surface area (Å²) >= 11 is 0. The molecule has 0 radical (unpaired) electrons. The Bertz CT molecular complexity index is 416. The molecule has 2 atom stereocenters. The van der Waals surface area contributed by atoms with Crippen molar-refractivity contribution in [3.8, 4) is 0 Å². The second-order valence-corrected chi connectivity index (χ2v) is 4.67. The van der Waals surface area contributed by atoms with Crippen LogP contribution in [0.2, 0.25) is 0 Å². The highest BCUT2D eigenvalue weighted by atomic mass is 16.2. The Morgan fingerprint density at radius 1 is 1.42 bits per heavy atom. The molecule has 106 valence electrons. The fourth-order valence-electron chi connectivity index (χ4n) is 1.78. The van der Waals surface area contributed by atoms with Crippen molar-refractivity contribution in [2.45, 2.75) is 39.3 Å². The third kappa shape index (κ3) is 4.27. The molecule has 1 aromatic rings. The Morgan fingerprint density at radius 2 is 2.11 bits per heavy atom. The number of amides is 3. The summed E-state index contributed by atoms with van der Waals surface area (Å²) in [5, 5.41) is 5.30. The van der Waals surface area contributed by atoms with Crippen LogP contribution in [-0.2, 0) is 4.79 Å². The molecule has 0 spiro atoms. The fourth-order valence-corrected chi connectivity index (χ4v) is 1.78. The summed E-state index contributed by atoms with van der Waals surface area (Å²) in [5.41, 5.74) is 5.08. The topological polar surface area (TPSA) is 113 Å². The van der Waals surface area contributed by atoms with Crippen LogP contribution in [-0.4, -0.2) is 27.9 Å². The first-order valence-corrected chi connectivity index (χ1v) is 6.31. The van der Waals surface area contributed by atoms with Crippen LogP contribution in [0.5, 0.6) is 0 Å². The van der Waals surface area contributed by atoms with E-state index in [9.17, 15) is 9.59 Å². The molecule has 19 heavy (non-hydrogen) atoms. The molecule has 1 aromatic heterocycles. The number of aromatic nitrogens is 2. The van der Waals surface area contributed by atoms with Crippen LogP contribution >= 0.6 is 0 Å². The van der Waals surface area contributed by atoms with Gasteiger partial charge in [-0.05, 0) is 12.3 Å². The smallest absolute Gasteiger partial charge is 0.312 e. The van der Waals surface area contributed by atoms with Gasteiger partial charge in [0.2, 0.25) is 5.91 Å². The number of primary amides is 1. The average Bonchev–Trinajstić information content (AvgIpc) is 2.85. The van der Waals surface area contributed by atoms with E-state index in [-0.39, 0.29) is 17.9 Å². The molecule has 0 bridgehead atoms. The molecule has 0 aliphatic heterocycles. The van der Waals surface area contributed by atoms with Crippen molar-refractivity contribution >= 4 is 11.9 Å². The second kappa shape index (κ2) is 6.77. The highest BCUT2D eigenvalue weighted by Crippen LogP contribution is 2.12. The molecule has 7 heteroatoms. The van der Waals surface area contributed by atoms with E-state index >= 15 is 0 Å². The summed E-state index contributed by atoms with van der Waals surface area (Å²) in [4.78, 5) is 30.2. The zero-order valence-corrected chi connectivity index (χ0v) is 11.4. The number of H-pyrrole nitrogens is 1. The highest BCUT2D eigenvalue weighted by molar-refractivity contribution is 5.86. The van der Waals surface area contributed by atoms with E-state index in [1.54, 1.807) is 12.4 Å². The standard InChI is InChI=1S/C12H21N5O2/c1-4-8(10-14-5-6-15-10)16-11(18)9(7(2)3)17-12(13)19/h5-9H,4H2,1-3H3,(H,14,15)(H,16,18)(H3,13,17,19). The molecule has 5 N–H and O–H groups in total. The zero-order chi connectivity index (χ0) is 14.4. The highest BCUT2D eigenvalue weighted by Gasteiger charge is 2.26. The molecule has 0 saturated heterocycles. The maximum absolute atomic E-state index is 12.2. The largest absolute Gasteiger partial charge is 0.352 e. The van der Waals surface area contributed by atoms with Crippen molar-refractivity contribution in [1.82, 2.24) is 20.6 Å². The number of carbonyl (C=O) groups is 2. The molecular formula is C12H21N5O2. The SMILES string of the molecule is CCC(NC(=O)C(NC(N)=O)C(C)C)c1ncc[nH]1. The van der Waals surface area contributed by atoms with Crippen LogP contribution in [0.15, 0.2) is 12.4 Å². The summed E-state index contributed by atoms with van der Waals surface area (Å²) in [7, 11) is 0. The number of nitrogens with zero attached hydrogens (tertiary/aromatic N) is 1. The van der Waals surface area contributed by atoms with Crippen LogP contribution in [0.3, 0.4) is 0 Å². The van der Waals surface area contributed by atoms with Gasteiger partial charge in [0, 0.05) is 12.4 Å². The molecule has 3 amide bonds. The van der Waals surface area contributed by atoms with Gasteiger partial charge >= 0.3 is 6.03 Å². The molecule has 0 aliphatic carbocycles. The minimum atomic E-state index is -0.708. The molecule has 1 rings (SSSR count). The Morgan fingerprint density at radius 3 is 2.53 bits per heavy atom. The van der Waals surface area contributed by atoms with Crippen LogP contribution in [0.1, 0.15) is 39.1 Å². The number of nitrogens with two attached hydrogens (primary N) is 1. The van der Waals surface area contributed by atoms with Crippen molar-refractivity contribution in [3.63, 3.8) is 0 Å². The molecule has 7 nitrogen and oxygen atoms in total. The first-order valence-electron chi connectivity index (χ1n) is 6.31. The van der Waals surface area contributed by atoms with Crippen LogP contribution < -0.4 is 16.4 Å². The number of rotatable bonds is 6. The second-order valence-electron chi connectivity index (χ2n) is 4.67. The monoisotopic (exact) mass is 267 g/mol. The lowest BCUT2D eigenvalue weighted by atomic mass is 10.0. The Balaban J connectivity index is 2.72. The van der Waals surface area contributed by atoms with Gasteiger partial charge in [0.05, 0.1) is 6.04 Å². The van der Waals surface area contributed by atoms with Gasteiger partial charge in [-0.25, -0.2) is 9.78 Å². The summed E-state index contributed by atoms with van der Waals surface area (Å²) in [5.74, 6) is 0.371. The molecular weight excluding hydrogens is 246 g/mol. The molecule has 2 unspecified atom stereocenters. The number of imidazole rings is 1. The summed E-state index contributed by atoms with van der Waals surface area (Å²) in [6, 6.07) is -1.57. The molecule has 0 fully saturated rings. The van der Waals surface area contributed by atoms with Crippen molar-refractivity contribution in [1.29, 1.82) is 0 Å². The predicted molar refractivity (Wildman–Crippen MR) is 71.1 cm³/mol. The average molecular weight is 267 g/mol. The summed E-state index contributed by atoms with van der Waals surface area (Å²) in [6.45, 7) is 5.63. The predicted octanol–water partition coefficient (Wildman–Crippen LogP) is 0.670. The van der Waals surface area contributed by atoms with Gasteiger partial charge in [0.1, 0.15) is 11.9 Å². The number of carbonyl (C=O) groups excluding carboxylic acids is 2. The van der Waals surface area contributed by atoms with Crippen LogP contribution in [0.4, 0.5) is 4.79 Å². The third-order valence-corrected chi connectivity index (χ3v) is 2.82. The van der Waals surface area contributed by atoms with Gasteiger partial charge in [-0.1, -0.05) is 20.8 Å². The Hall–Kier alpha value is -2.05. The molecule has 0 saturated carbocycles. The number of urea groups is 1. The Labute approximate surface area is 112 Å². The van der Waals surface area contributed by atoms with E-state index in [0.29, 0.717) is 12.2 Å². The minimum absolute atomic E-state index is 0.0541. The summed E-state index contributed by atoms with van der Waals surface area (Å²) < 4.78 is 0. The molecule has 1 heterocycles. The number of hydrogen-bond acceptors (Lipinski definition) is 3. The van der Waals surface area contributed by atoms with Gasteiger partial charge in [0.25, 0.3) is 0 Å². The maximum Gasteiger partial charge on any atom is 0.312 e. The number of aromatic amines is 1. The van der Waals surface area contributed by atoms with Gasteiger partial charge in [-0.3, -0.25) is 4.79 Å². The first kappa shape index (κ1) is 15.0. The quantitative estimate of drug-likeness (QED) is 0.607. The van der Waals surface area contributed by atoms with Gasteiger partial charge in [-0.2, -0.15) is 0 Å². The Kier molecular flexibility index (Phi) is 5.35. The van der Waals surface area contributed by atoms with Gasteiger partial charge in [0.15, 0.2) is 0 Å². The lowest BCUT2D eigenvalue weighted by Crippen LogP contribution is -2.52. The van der Waals surface area contributed by atoms with Crippen molar-refractivity contribution in [3.05, 3.63) is 18.2 Å². The number of hydrogen-bond donors (Lipinski definition) is 4. The van der Waals surface area contributed by atoms with Crippen molar-refractivity contribution in [2.75, 3.05) is 0 Å². The lowest BCUT2D eigenvalue weighted by molar-refractivity contribution is -0.124. The van der Waals surface area contributed by atoms with Crippen molar-refractivity contribution in [2.24, 2.45) is 11.7 Å². The normalized spacial score (nSPS) is 13.9. The van der Waals surface area contributed by atoms with Gasteiger partial charge in [-0.15, -0.1) is 0 Å². The van der Waals surface area contributed by atoms with E-state index in [2.05, 4.69) is 20.6 Å². The van der Waals surface area contributed by atoms with Crippen molar-refractivity contribution < 1.29 is 9.59 Å². The van der Waals surface area contributed by atoms with Crippen LogP contribution in [0.25, 0.3) is 0 Å². The maximum atomic E-state index is 12.2. The minimum Gasteiger partial charge on any atom is -0.352 e. The first-order chi connectivity index (χ1) is 8.95. The van der Waals surface area contributed by atoms with E-state index in [0.717, 1.165) is 0 Å². The summed E-state index contributed by atoms with van der Waals surface area (Å²) in [6.07, 6.45) is 4.03. The molecule has 0 aliphatic rings. The number of nitrogens with one attached hydrogen (secondary N) is 3. The van der Waals surface area contributed by atoms with E-state index < -0.39 is 12.1 Å². The third-order valence-electron chi connectivity index (χ3n) is 2.82. The van der Waals surface area contributed by atoms with E-state index in [4.69, 9.17) is 5.73 Å². The van der Waals surface area contributed by atoms with Gasteiger partial charge < -0.3 is 21.4 Å².